The fourth-order valence-corrected chi connectivity index (χ4v) is 1.32. The number of ether oxygens (including phenoxy) is 1. The molecule has 1 unspecified atom stereocenters. The fourth-order valence-electron chi connectivity index (χ4n) is 0.812. The predicted molar refractivity (Wildman–Crippen MR) is 55.4 cm³/mol. The van der Waals surface area contributed by atoms with Crippen molar-refractivity contribution < 1.29 is 31.1 Å². The van der Waals surface area contributed by atoms with Gasteiger partial charge in [0.15, 0.2) is 0 Å². The van der Waals surface area contributed by atoms with Crippen LogP contribution in [-0.2, 0) is 11.1 Å². The Labute approximate surface area is 104 Å². The number of hydrogen-bond donors (Lipinski definition) is 1. The van der Waals surface area contributed by atoms with E-state index in [0.29, 0.717) is 4.47 Å². The summed E-state index contributed by atoms with van der Waals surface area (Å²) in [6.45, 7) is 0. The van der Waals surface area contributed by atoms with Crippen molar-refractivity contribution in [2.24, 2.45) is 0 Å². The smallest absolute Gasteiger partial charge is 0.427 e. The average molecular weight is 337 g/mol. The summed E-state index contributed by atoms with van der Waals surface area (Å²) < 4.78 is 73.6. The van der Waals surface area contributed by atoms with Gasteiger partial charge in [-0.2, -0.15) is 17.6 Å². The van der Waals surface area contributed by atoms with E-state index in [9.17, 15) is 21.8 Å². The highest BCUT2D eigenvalue weighted by Gasteiger charge is 2.64. The maximum atomic E-state index is 12.9. The first kappa shape index (κ1) is 14.4. The van der Waals surface area contributed by atoms with Crippen LogP contribution in [0.3, 0.4) is 0 Å². The first-order valence-electron chi connectivity index (χ1n) is 3.98. The number of halogens is 5. The molecular weight excluding hydrogens is 332 g/mol. The lowest BCUT2D eigenvalue weighted by atomic mass is 10.3. The van der Waals surface area contributed by atoms with Gasteiger partial charge in [-0.1, -0.05) is 15.9 Å². The largest absolute Gasteiger partial charge is 0.480 e. The maximum Gasteiger partial charge on any atom is 0.480 e. The molecule has 0 amide bonds. The van der Waals surface area contributed by atoms with Crippen LogP contribution in [0, 0.1) is 0 Å². The summed E-state index contributed by atoms with van der Waals surface area (Å²) in [5, 5.41) is -5.19. The average Bonchev–Trinajstić information content (AvgIpc) is 2.20. The van der Waals surface area contributed by atoms with Gasteiger partial charge in [0.05, 0.1) is 0 Å². The molecule has 1 rings (SSSR count). The number of hydrogen-bond acceptors (Lipinski definition) is 2. The van der Waals surface area contributed by atoms with Gasteiger partial charge in [0.25, 0.3) is 0 Å². The fraction of sp³-hybridized carbons (Fsp3) is 0.250. The molecule has 0 saturated carbocycles. The van der Waals surface area contributed by atoms with Crippen molar-refractivity contribution in [3.8, 4) is 5.75 Å². The van der Waals surface area contributed by atoms with E-state index in [4.69, 9.17) is 4.55 Å². The van der Waals surface area contributed by atoms with Gasteiger partial charge in [-0.3, -0.25) is 0 Å². The van der Waals surface area contributed by atoms with Gasteiger partial charge < -0.3 is 9.29 Å². The molecule has 3 nitrogen and oxygen atoms in total. The van der Waals surface area contributed by atoms with Crippen LogP contribution in [0.4, 0.5) is 17.6 Å². The Hall–Kier alpha value is -0.670. The van der Waals surface area contributed by atoms with Gasteiger partial charge in [0.2, 0.25) is 11.1 Å². The summed E-state index contributed by atoms with van der Waals surface area (Å²) in [6.07, 6.45) is -5.08. The summed E-state index contributed by atoms with van der Waals surface area (Å²) in [6, 6.07) is 4.60. The molecule has 0 saturated heterocycles. The minimum absolute atomic E-state index is 0.533. The minimum atomic E-state index is -5.19. The lowest BCUT2D eigenvalue weighted by molar-refractivity contribution is -0.272. The van der Waals surface area contributed by atoms with Crippen molar-refractivity contribution in [3.63, 3.8) is 0 Å². The Balaban J connectivity index is 2.93. The Morgan fingerprint density at radius 2 is 1.65 bits per heavy atom. The highest BCUT2D eigenvalue weighted by Crippen LogP contribution is 2.38. The van der Waals surface area contributed by atoms with E-state index in [2.05, 4.69) is 20.7 Å². The van der Waals surface area contributed by atoms with E-state index < -0.39 is 28.2 Å². The van der Waals surface area contributed by atoms with Gasteiger partial charge in [-0.05, 0) is 24.3 Å². The zero-order valence-electron chi connectivity index (χ0n) is 7.87. The molecular formula is C8H5BrF4O3S. The third kappa shape index (κ3) is 3.17. The molecule has 0 aromatic heterocycles. The van der Waals surface area contributed by atoms with Gasteiger partial charge in [0, 0.05) is 4.47 Å². The van der Waals surface area contributed by atoms with Gasteiger partial charge in [-0.25, -0.2) is 4.21 Å². The van der Waals surface area contributed by atoms with Gasteiger partial charge >= 0.3 is 11.4 Å². The zero-order valence-corrected chi connectivity index (χ0v) is 10.3. The van der Waals surface area contributed by atoms with Crippen molar-refractivity contribution in [2.45, 2.75) is 11.4 Å². The Morgan fingerprint density at radius 1 is 1.18 bits per heavy atom. The second kappa shape index (κ2) is 4.91. The molecule has 1 aromatic carbocycles. The number of alkyl halides is 4. The number of rotatable bonds is 4. The first-order valence-corrected chi connectivity index (χ1v) is 5.88. The first-order chi connectivity index (χ1) is 7.67. The highest BCUT2D eigenvalue weighted by molar-refractivity contribution is 9.10. The Bertz CT molecular complexity index is 423. The number of benzene rings is 1. The highest BCUT2D eigenvalue weighted by atomic mass is 79.9. The van der Waals surface area contributed by atoms with E-state index in [-0.39, 0.29) is 0 Å². The quantitative estimate of drug-likeness (QED) is 0.678. The molecule has 0 radical (unpaired) electrons. The molecule has 1 N–H and O–H groups in total. The molecule has 0 aliphatic heterocycles. The standard InChI is InChI=1S/C8H5BrF4O3S/c9-5-1-3-6(4-2-5)16-7(10,11)8(12,13)17(14)15/h1-4H,(H,14,15). The van der Waals surface area contributed by atoms with Crippen LogP contribution in [-0.4, -0.2) is 20.1 Å². The Morgan fingerprint density at radius 3 is 2.06 bits per heavy atom. The van der Waals surface area contributed by atoms with Crippen LogP contribution in [0.1, 0.15) is 0 Å². The monoisotopic (exact) mass is 336 g/mol. The summed E-state index contributed by atoms with van der Waals surface area (Å²) in [5.74, 6) is -0.552. The second-order valence-corrected chi connectivity index (χ2v) is 4.77. The van der Waals surface area contributed by atoms with Crippen LogP contribution < -0.4 is 4.74 Å². The molecule has 96 valence electrons. The molecule has 1 aromatic rings. The van der Waals surface area contributed by atoms with E-state index in [1.165, 1.54) is 12.1 Å². The maximum absolute atomic E-state index is 12.9. The van der Waals surface area contributed by atoms with Crippen molar-refractivity contribution >= 4 is 27.0 Å². The lowest BCUT2D eigenvalue weighted by Gasteiger charge is -2.23. The molecule has 0 heterocycles. The van der Waals surface area contributed by atoms with E-state index in [0.717, 1.165) is 12.1 Å². The van der Waals surface area contributed by atoms with Crippen molar-refractivity contribution in [1.29, 1.82) is 0 Å². The second-order valence-electron chi connectivity index (χ2n) is 2.84. The molecule has 1 atom stereocenters. The van der Waals surface area contributed by atoms with Crippen LogP contribution in [0.25, 0.3) is 0 Å². The van der Waals surface area contributed by atoms with Crippen molar-refractivity contribution in [2.75, 3.05) is 0 Å². The zero-order chi connectivity index (χ0) is 13.3. The van der Waals surface area contributed by atoms with E-state index in [1.54, 1.807) is 0 Å². The molecule has 0 aliphatic carbocycles. The third-order valence-electron chi connectivity index (χ3n) is 1.62. The van der Waals surface area contributed by atoms with E-state index in [1.807, 2.05) is 0 Å². The SMILES string of the molecule is O=S(O)C(F)(F)C(F)(F)Oc1ccc(Br)cc1. The predicted octanol–water partition coefficient (Wildman–Crippen LogP) is 3.24. The molecule has 0 fully saturated rings. The van der Waals surface area contributed by atoms with Crippen molar-refractivity contribution in [3.05, 3.63) is 28.7 Å². The Kier molecular flexibility index (Phi) is 4.15. The topological polar surface area (TPSA) is 46.5 Å². The summed E-state index contributed by atoms with van der Waals surface area (Å²) in [5.41, 5.74) is 0. The molecule has 0 aliphatic rings. The summed E-state index contributed by atoms with van der Waals surface area (Å²) >= 11 is -1.03. The molecule has 17 heavy (non-hydrogen) atoms. The minimum Gasteiger partial charge on any atom is -0.427 e. The van der Waals surface area contributed by atoms with Crippen LogP contribution >= 0.6 is 15.9 Å². The lowest BCUT2D eigenvalue weighted by Crippen LogP contribution is -2.48. The third-order valence-corrected chi connectivity index (χ3v) is 2.82. The van der Waals surface area contributed by atoms with E-state index >= 15 is 0 Å². The summed E-state index contributed by atoms with van der Waals surface area (Å²) in [4.78, 5) is 0. The molecule has 0 bridgehead atoms. The van der Waals surface area contributed by atoms with Crippen LogP contribution in [0.2, 0.25) is 0 Å². The molecule has 0 spiro atoms. The van der Waals surface area contributed by atoms with Gasteiger partial charge in [0.1, 0.15) is 5.75 Å². The summed E-state index contributed by atoms with van der Waals surface area (Å²) in [7, 11) is 0. The molecule has 9 heteroatoms. The van der Waals surface area contributed by atoms with Crippen molar-refractivity contribution in [1.82, 2.24) is 0 Å². The van der Waals surface area contributed by atoms with Crippen LogP contribution in [0.15, 0.2) is 28.7 Å². The van der Waals surface area contributed by atoms with Crippen LogP contribution in [0.5, 0.6) is 5.75 Å². The van der Waals surface area contributed by atoms with Gasteiger partial charge in [-0.15, -0.1) is 0 Å². The normalized spacial score (nSPS) is 14.5.